The molecule has 1 rings (SSSR count). The number of rotatable bonds is 5. The molecule has 15 heavy (non-hydrogen) atoms. The first-order valence-corrected chi connectivity index (χ1v) is 4.81. The summed E-state index contributed by atoms with van der Waals surface area (Å²) >= 11 is 0. The Balaban J connectivity index is 2.89. The van der Waals surface area contributed by atoms with Crippen molar-refractivity contribution in [3.8, 4) is 5.75 Å². The number of aliphatic hydroxyl groups excluding tert-OH is 1. The zero-order valence-electron chi connectivity index (χ0n) is 8.96. The lowest BCUT2D eigenvalue weighted by atomic mass is 10.00. The van der Waals surface area contributed by atoms with Crippen LogP contribution in [0.4, 0.5) is 4.39 Å². The lowest BCUT2D eigenvalue weighted by Crippen LogP contribution is -2.20. The molecule has 0 spiro atoms. The minimum absolute atomic E-state index is 0.00733. The topological polar surface area (TPSA) is 41.5 Å². The van der Waals surface area contributed by atoms with E-state index in [0.717, 1.165) is 5.56 Å². The number of hydrogen-bond donors (Lipinski definition) is 2. The molecule has 0 amide bonds. The summed E-state index contributed by atoms with van der Waals surface area (Å²) < 4.78 is 18.2. The van der Waals surface area contributed by atoms with E-state index in [-0.39, 0.29) is 18.3 Å². The molecule has 1 atom stereocenters. The van der Waals surface area contributed by atoms with Crippen molar-refractivity contribution in [2.75, 3.05) is 27.3 Å². The van der Waals surface area contributed by atoms with Crippen molar-refractivity contribution in [3.63, 3.8) is 0 Å². The molecule has 3 nitrogen and oxygen atoms in total. The summed E-state index contributed by atoms with van der Waals surface area (Å²) in [5, 5.41) is 12.1. The van der Waals surface area contributed by atoms with Gasteiger partial charge in [0.15, 0.2) is 11.6 Å². The monoisotopic (exact) mass is 213 g/mol. The Morgan fingerprint density at radius 2 is 2.27 bits per heavy atom. The van der Waals surface area contributed by atoms with Crippen molar-refractivity contribution in [2.45, 2.75) is 5.92 Å². The van der Waals surface area contributed by atoms with E-state index in [1.54, 1.807) is 19.2 Å². The van der Waals surface area contributed by atoms with Crippen LogP contribution >= 0.6 is 0 Å². The second-order valence-electron chi connectivity index (χ2n) is 3.33. The first-order chi connectivity index (χ1) is 7.22. The molecular formula is C11H16FNO2. The molecule has 1 aromatic carbocycles. The second-order valence-corrected chi connectivity index (χ2v) is 3.33. The van der Waals surface area contributed by atoms with E-state index in [4.69, 9.17) is 9.84 Å². The molecule has 1 unspecified atom stereocenters. The fraction of sp³-hybridized carbons (Fsp3) is 0.455. The van der Waals surface area contributed by atoms with E-state index in [0.29, 0.717) is 6.54 Å². The van der Waals surface area contributed by atoms with Crippen molar-refractivity contribution in [1.82, 2.24) is 5.32 Å². The van der Waals surface area contributed by atoms with E-state index in [1.165, 1.54) is 13.2 Å². The van der Waals surface area contributed by atoms with Crippen LogP contribution in [0.3, 0.4) is 0 Å². The first-order valence-electron chi connectivity index (χ1n) is 4.81. The Hall–Kier alpha value is -1.13. The third-order valence-corrected chi connectivity index (χ3v) is 2.32. The standard InChI is InChI=1S/C11H16FNO2/c1-13-6-9(7-14)8-3-4-11(15-2)10(12)5-8/h3-5,9,13-14H,6-7H2,1-2H3. The molecule has 0 bridgehead atoms. The summed E-state index contributed by atoms with van der Waals surface area (Å²) in [5.74, 6) is -0.264. The first kappa shape index (κ1) is 11.9. The van der Waals surface area contributed by atoms with E-state index < -0.39 is 5.82 Å². The molecule has 0 aliphatic heterocycles. The van der Waals surface area contributed by atoms with Gasteiger partial charge in [0.1, 0.15) is 0 Å². The molecule has 0 heterocycles. The van der Waals surface area contributed by atoms with Crippen LogP contribution in [0, 0.1) is 5.82 Å². The van der Waals surface area contributed by atoms with E-state index in [2.05, 4.69) is 5.32 Å². The number of ether oxygens (including phenoxy) is 1. The highest BCUT2D eigenvalue weighted by molar-refractivity contribution is 5.31. The van der Waals surface area contributed by atoms with Crippen LogP contribution < -0.4 is 10.1 Å². The number of likely N-dealkylation sites (N-methyl/N-ethyl adjacent to an activating group) is 1. The number of hydrogen-bond acceptors (Lipinski definition) is 3. The van der Waals surface area contributed by atoms with Crippen LogP contribution in [0.25, 0.3) is 0 Å². The molecular weight excluding hydrogens is 197 g/mol. The Kier molecular flexibility index (Phi) is 4.52. The van der Waals surface area contributed by atoms with Crippen molar-refractivity contribution >= 4 is 0 Å². The largest absolute Gasteiger partial charge is 0.494 e. The number of benzene rings is 1. The van der Waals surface area contributed by atoms with Crippen molar-refractivity contribution in [2.24, 2.45) is 0 Å². The van der Waals surface area contributed by atoms with E-state index in [1.807, 2.05) is 0 Å². The van der Waals surface area contributed by atoms with Crippen LogP contribution in [0.2, 0.25) is 0 Å². The van der Waals surface area contributed by atoms with Gasteiger partial charge in [-0.15, -0.1) is 0 Å². The van der Waals surface area contributed by atoms with Crippen molar-refractivity contribution in [3.05, 3.63) is 29.6 Å². The van der Waals surface area contributed by atoms with Gasteiger partial charge in [0.05, 0.1) is 13.7 Å². The Morgan fingerprint density at radius 1 is 1.53 bits per heavy atom. The van der Waals surface area contributed by atoms with E-state index in [9.17, 15) is 4.39 Å². The maximum absolute atomic E-state index is 13.4. The second kappa shape index (κ2) is 5.68. The van der Waals surface area contributed by atoms with Crippen LogP contribution in [-0.2, 0) is 0 Å². The summed E-state index contributed by atoms with van der Waals surface area (Å²) in [6, 6.07) is 4.74. The van der Waals surface area contributed by atoms with Gasteiger partial charge in [0, 0.05) is 12.5 Å². The van der Waals surface area contributed by atoms with Gasteiger partial charge >= 0.3 is 0 Å². The van der Waals surface area contributed by atoms with Crippen molar-refractivity contribution in [1.29, 1.82) is 0 Å². The Morgan fingerprint density at radius 3 is 2.73 bits per heavy atom. The number of methoxy groups -OCH3 is 1. The van der Waals surface area contributed by atoms with E-state index >= 15 is 0 Å². The van der Waals surface area contributed by atoms with Gasteiger partial charge < -0.3 is 15.2 Å². The summed E-state index contributed by atoms with van der Waals surface area (Å²) in [7, 11) is 3.22. The molecule has 84 valence electrons. The van der Waals surface area contributed by atoms with Crippen LogP contribution in [0.15, 0.2) is 18.2 Å². The normalized spacial score (nSPS) is 12.5. The number of halogens is 1. The van der Waals surface area contributed by atoms with Crippen LogP contribution in [-0.4, -0.2) is 32.4 Å². The predicted octanol–water partition coefficient (Wildman–Crippen LogP) is 1.13. The van der Waals surface area contributed by atoms with Gasteiger partial charge in [-0.1, -0.05) is 6.07 Å². The zero-order chi connectivity index (χ0) is 11.3. The zero-order valence-corrected chi connectivity index (χ0v) is 8.96. The van der Waals surface area contributed by atoms with Crippen LogP contribution in [0.1, 0.15) is 11.5 Å². The average molecular weight is 213 g/mol. The van der Waals surface area contributed by atoms with Gasteiger partial charge in [0.25, 0.3) is 0 Å². The highest BCUT2D eigenvalue weighted by Crippen LogP contribution is 2.22. The minimum atomic E-state index is -0.399. The maximum atomic E-state index is 13.4. The minimum Gasteiger partial charge on any atom is -0.494 e. The highest BCUT2D eigenvalue weighted by Gasteiger charge is 2.12. The average Bonchev–Trinajstić information content (AvgIpc) is 2.25. The van der Waals surface area contributed by atoms with Gasteiger partial charge in [0.2, 0.25) is 0 Å². The highest BCUT2D eigenvalue weighted by atomic mass is 19.1. The number of nitrogens with one attached hydrogen (secondary N) is 1. The lowest BCUT2D eigenvalue weighted by molar-refractivity contribution is 0.263. The molecule has 0 aromatic heterocycles. The maximum Gasteiger partial charge on any atom is 0.165 e. The molecule has 0 saturated carbocycles. The molecule has 0 fully saturated rings. The summed E-state index contributed by atoms with van der Waals surface area (Å²) in [4.78, 5) is 0. The Labute approximate surface area is 88.9 Å². The molecule has 0 radical (unpaired) electrons. The summed E-state index contributed by atoms with van der Waals surface area (Å²) in [5.41, 5.74) is 0.769. The van der Waals surface area contributed by atoms with Gasteiger partial charge in [-0.2, -0.15) is 0 Å². The quantitative estimate of drug-likeness (QED) is 0.770. The van der Waals surface area contributed by atoms with Gasteiger partial charge in [-0.3, -0.25) is 0 Å². The molecule has 1 aromatic rings. The summed E-state index contributed by atoms with van der Waals surface area (Å²) in [6.07, 6.45) is 0. The molecule has 2 N–H and O–H groups in total. The molecule has 0 saturated heterocycles. The predicted molar refractivity (Wildman–Crippen MR) is 56.7 cm³/mol. The van der Waals surface area contributed by atoms with Gasteiger partial charge in [-0.25, -0.2) is 4.39 Å². The fourth-order valence-electron chi connectivity index (χ4n) is 1.47. The van der Waals surface area contributed by atoms with Crippen LogP contribution in [0.5, 0.6) is 5.75 Å². The third-order valence-electron chi connectivity index (χ3n) is 2.32. The van der Waals surface area contributed by atoms with Crippen molar-refractivity contribution < 1.29 is 14.2 Å². The van der Waals surface area contributed by atoms with Gasteiger partial charge in [-0.05, 0) is 24.7 Å². The molecule has 0 aliphatic carbocycles. The lowest BCUT2D eigenvalue weighted by Gasteiger charge is -2.14. The molecule has 4 heteroatoms. The smallest absolute Gasteiger partial charge is 0.165 e. The third kappa shape index (κ3) is 2.91. The number of aliphatic hydroxyl groups is 1. The SMILES string of the molecule is CNCC(CO)c1ccc(OC)c(F)c1. The fourth-order valence-corrected chi connectivity index (χ4v) is 1.47. The summed E-state index contributed by atoms with van der Waals surface area (Å²) in [6.45, 7) is 0.606. The Bertz CT molecular complexity index is 317. The molecule has 0 aliphatic rings.